The molecule has 1 aromatic carbocycles. The van der Waals surface area contributed by atoms with E-state index in [9.17, 15) is 12.8 Å². The SMILES string of the molecule is CCN1CCn2c(-c3cccc(F)c3)cnc2C12CCN(S(=O)(=O)CC)CC2. The Balaban J connectivity index is 1.72. The highest BCUT2D eigenvalue weighted by atomic mass is 32.2. The highest BCUT2D eigenvalue weighted by Crippen LogP contribution is 2.42. The molecule has 0 unspecified atom stereocenters. The lowest BCUT2D eigenvalue weighted by Crippen LogP contribution is -2.58. The van der Waals surface area contributed by atoms with Crippen LogP contribution in [-0.4, -0.2) is 59.1 Å². The van der Waals surface area contributed by atoms with Crippen molar-refractivity contribution in [2.45, 2.75) is 38.8 Å². The van der Waals surface area contributed by atoms with E-state index in [0.29, 0.717) is 13.1 Å². The predicted molar refractivity (Wildman–Crippen MR) is 107 cm³/mol. The first kappa shape index (κ1) is 19.5. The topological polar surface area (TPSA) is 58.4 Å². The van der Waals surface area contributed by atoms with E-state index in [4.69, 9.17) is 4.98 Å². The average Bonchev–Trinajstić information content (AvgIpc) is 3.14. The minimum atomic E-state index is -3.17. The number of aromatic nitrogens is 2. The molecular formula is C20H27FN4O2S. The number of sulfonamides is 1. The van der Waals surface area contributed by atoms with Crippen LogP contribution in [0.1, 0.15) is 32.5 Å². The molecule has 28 heavy (non-hydrogen) atoms. The molecule has 0 radical (unpaired) electrons. The highest BCUT2D eigenvalue weighted by Gasteiger charge is 2.47. The average molecular weight is 407 g/mol. The number of likely N-dealkylation sites (N-methyl/N-ethyl adjacent to an activating group) is 1. The van der Waals surface area contributed by atoms with Crippen LogP contribution in [-0.2, 0) is 22.1 Å². The molecule has 1 saturated heterocycles. The van der Waals surface area contributed by atoms with Gasteiger partial charge in [-0.25, -0.2) is 22.1 Å². The minimum absolute atomic E-state index is 0.135. The molecule has 152 valence electrons. The summed E-state index contributed by atoms with van der Waals surface area (Å²) in [4.78, 5) is 7.21. The molecule has 0 atom stereocenters. The molecule has 1 aromatic heterocycles. The normalized spacial score (nSPS) is 20.4. The molecule has 2 aliphatic heterocycles. The number of piperidine rings is 1. The van der Waals surface area contributed by atoms with Crippen molar-refractivity contribution < 1.29 is 12.8 Å². The minimum Gasteiger partial charge on any atom is -0.325 e. The van der Waals surface area contributed by atoms with Gasteiger partial charge in [-0.1, -0.05) is 19.1 Å². The number of benzene rings is 1. The van der Waals surface area contributed by atoms with Crippen LogP contribution in [0, 0.1) is 5.82 Å². The maximum atomic E-state index is 13.7. The van der Waals surface area contributed by atoms with Crippen molar-refractivity contribution >= 4 is 10.0 Å². The van der Waals surface area contributed by atoms with Crippen molar-refractivity contribution in [1.82, 2.24) is 18.8 Å². The van der Waals surface area contributed by atoms with Gasteiger partial charge in [-0.15, -0.1) is 0 Å². The van der Waals surface area contributed by atoms with E-state index >= 15 is 0 Å². The van der Waals surface area contributed by atoms with Gasteiger partial charge in [0.25, 0.3) is 0 Å². The third-order valence-electron chi connectivity index (χ3n) is 6.28. The first-order valence-electron chi connectivity index (χ1n) is 9.96. The van der Waals surface area contributed by atoms with Crippen molar-refractivity contribution in [3.05, 3.63) is 42.1 Å². The molecule has 1 spiro atoms. The maximum absolute atomic E-state index is 13.7. The summed E-state index contributed by atoms with van der Waals surface area (Å²) in [7, 11) is -3.17. The van der Waals surface area contributed by atoms with Crippen LogP contribution >= 0.6 is 0 Å². The molecule has 2 aliphatic rings. The summed E-state index contributed by atoms with van der Waals surface area (Å²) in [5, 5.41) is 0. The van der Waals surface area contributed by atoms with Gasteiger partial charge < -0.3 is 4.57 Å². The van der Waals surface area contributed by atoms with E-state index in [-0.39, 0.29) is 17.1 Å². The lowest BCUT2D eigenvalue weighted by atomic mass is 9.84. The molecule has 2 aromatic rings. The summed E-state index contributed by atoms with van der Waals surface area (Å²) in [6.45, 7) is 7.42. The van der Waals surface area contributed by atoms with Crippen molar-refractivity contribution in [3.63, 3.8) is 0 Å². The van der Waals surface area contributed by atoms with Gasteiger partial charge in [0.1, 0.15) is 11.6 Å². The standard InChI is InChI=1S/C20H27FN4O2S/c1-3-23-12-13-25-18(16-6-5-7-17(21)14-16)15-22-19(25)20(23)8-10-24(11-9-20)28(26,27)4-2/h5-7,14-15H,3-4,8-13H2,1-2H3. The summed E-state index contributed by atoms with van der Waals surface area (Å²) < 4.78 is 42.2. The number of hydrogen-bond donors (Lipinski definition) is 0. The lowest BCUT2D eigenvalue weighted by Gasteiger charge is -2.50. The molecule has 0 amide bonds. The van der Waals surface area contributed by atoms with Gasteiger partial charge in [0.2, 0.25) is 10.0 Å². The molecule has 3 heterocycles. The molecule has 8 heteroatoms. The second-order valence-electron chi connectivity index (χ2n) is 7.54. The fourth-order valence-electron chi connectivity index (χ4n) is 4.75. The van der Waals surface area contributed by atoms with Crippen LogP contribution in [0.2, 0.25) is 0 Å². The molecular weight excluding hydrogens is 379 g/mol. The lowest BCUT2D eigenvalue weighted by molar-refractivity contribution is 0.0101. The van der Waals surface area contributed by atoms with Gasteiger partial charge in [-0.3, -0.25) is 4.90 Å². The molecule has 4 rings (SSSR count). The van der Waals surface area contributed by atoms with Crippen LogP contribution in [0.5, 0.6) is 0 Å². The van der Waals surface area contributed by atoms with E-state index in [1.165, 1.54) is 6.07 Å². The molecule has 0 N–H and O–H groups in total. The molecule has 0 aliphatic carbocycles. The van der Waals surface area contributed by atoms with Crippen LogP contribution in [0.3, 0.4) is 0 Å². The number of rotatable bonds is 4. The van der Waals surface area contributed by atoms with E-state index in [2.05, 4.69) is 16.4 Å². The van der Waals surface area contributed by atoms with Gasteiger partial charge in [-0.05, 0) is 38.4 Å². The Kier molecular flexibility index (Phi) is 5.05. The summed E-state index contributed by atoms with van der Waals surface area (Å²) >= 11 is 0. The second kappa shape index (κ2) is 7.24. The van der Waals surface area contributed by atoms with E-state index in [1.807, 2.05) is 12.3 Å². The second-order valence-corrected chi connectivity index (χ2v) is 9.80. The Morgan fingerprint density at radius 2 is 1.89 bits per heavy atom. The Labute approximate surface area is 166 Å². The number of nitrogens with zero attached hydrogens (tertiary/aromatic N) is 4. The van der Waals surface area contributed by atoms with Gasteiger partial charge in [0.15, 0.2) is 0 Å². The summed E-state index contributed by atoms with van der Waals surface area (Å²) in [5.41, 5.74) is 1.48. The Hall–Kier alpha value is -1.77. The molecule has 1 fully saturated rings. The van der Waals surface area contributed by atoms with Crippen molar-refractivity contribution in [2.24, 2.45) is 0 Å². The largest absolute Gasteiger partial charge is 0.325 e. The first-order valence-corrected chi connectivity index (χ1v) is 11.6. The van der Waals surface area contributed by atoms with Gasteiger partial charge in [0, 0.05) is 31.7 Å². The Morgan fingerprint density at radius 1 is 1.14 bits per heavy atom. The van der Waals surface area contributed by atoms with Crippen LogP contribution in [0.15, 0.2) is 30.5 Å². The maximum Gasteiger partial charge on any atom is 0.213 e. The number of imidazole rings is 1. The monoisotopic (exact) mass is 406 g/mol. The van der Waals surface area contributed by atoms with Gasteiger partial charge in [0.05, 0.1) is 23.2 Å². The fourth-order valence-corrected chi connectivity index (χ4v) is 5.85. The first-order chi connectivity index (χ1) is 13.4. The van der Waals surface area contributed by atoms with E-state index in [1.54, 1.807) is 23.4 Å². The summed E-state index contributed by atoms with van der Waals surface area (Å²) in [5.74, 6) is 0.857. The predicted octanol–water partition coefficient (Wildman–Crippen LogP) is 2.67. The number of hydrogen-bond acceptors (Lipinski definition) is 4. The smallest absolute Gasteiger partial charge is 0.213 e. The number of fused-ring (bicyclic) bond motifs is 2. The third kappa shape index (κ3) is 3.07. The van der Waals surface area contributed by atoms with E-state index in [0.717, 1.165) is 49.6 Å². The van der Waals surface area contributed by atoms with Crippen molar-refractivity contribution in [3.8, 4) is 11.3 Å². The van der Waals surface area contributed by atoms with Crippen molar-refractivity contribution in [2.75, 3.05) is 31.9 Å². The van der Waals surface area contributed by atoms with Gasteiger partial charge >= 0.3 is 0 Å². The fraction of sp³-hybridized carbons (Fsp3) is 0.550. The van der Waals surface area contributed by atoms with Crippen LogP contribution in [0.25, 0.3) is 11.3 Å². The summed E-state index contributed by atoms with van der Waals surface area (Å²) in [6, 6.07) is 6.61. The van der Waals surface area contributed by atoms with Crippen molar-refractivity contribution in [1.29, 1.82) is 0 Å². The molecule has 6 nitrogen and oxygen atoms in total. The van der Waals surface area contributed by atoms with Gasteiger partial charge in [-0.2, -0.15) is 0 Å². The van der Waals surface area contributed by atoms with Crippen LogP contribution in [0.4, 0.5) is 4.39 Å². The Morgan fingerprint density at radius 3 is 2.54 bits per heavy atom. The summed E-state index contributed by atoms with van der Waals surface area (Å²) in [6.07, 6.45) is 3.28. The van der Waals surface area contributed by atoms with Crippen LogP contribution < -0.4 is 0 Å². The zero-order valence-electron chi connectivity index (χ0n) is 16.4. The Bertz CT molecular complexity index is 964. The zero-order chi connectivity index (χ0) is 19.9. The van der Waals surface area contributed by atoms with E-state index < -0.39 is 10.0 Å². The molecule has 0 bridgehead atoms. The quantitative estimate of drug-likeness (QED) is 0.783. The third-order valence-corrected chi connectivity index (χ3v) is 8.16. The highest BCUT2D eigenvalue weighted by molar-refractivity contribution is 7.89. The zero-order valence-corrected chi connectivity index (χ0v) is 17.3. The number of halogens is 1. The molecule has 0 saturated carbocycles.